The molecule has 8 nitrogen and oxygen atoms in total. The summed E-state index contributed by atoms with van der Waals surface area (Å²) in [4.78, 5) is 33.7. The van der Waals surface area contributed by atoms with Gasteiger partial charge in [0.25, 0.3) is 11.6 Å². The molecule has 0 heterocycles. The van der Waals surface area contributed by atoms with E-state index in [9.17, 15) is 19.7 Å². The number of carbonyl (C=O) groups excluding carboxylic acids is 2. The minimum Gasteiger partial charge on any atom is -0.482 e. The molecule has 8 heteroatoms. The van der Waals surface area contributed by atoms with Crippen molar-refractivity contribution >= 4 is 17.6 Å². The van der Waals surface area contributed by atoms with Crippen LogP contribution in [0.4, 0.5) is 5.69 Å². The van der Waals surface area contributed by atoms with Gasteiger partial charge in [0.1, 0.15) is 5.75 Å². The Morgan fingerprint density at radius 3 is 2.38 bits per heavy atom. The first-order chi connectivity index (χ1) is 12.5. The van der Waals surface area contributed by atoms with E-state index in [2.05, 4.69) is 5.32 Å². The van der Waals surface area contributed by atoms with E-state index in [1.165, 1.54) is 31.2 Å². The fraction of sp³-hybridized carbons (Fsp3) is 0.222. The number of nitro groups is 1. The maximum absolute atomic E-state index is 11.9. The van der Waals surface area contributed by atoms with Crippen LogP contribution in [0, 0.1) is 10.1 Å². The Balaban J connectivity index is 1.73. The van der Waals surface area contributed by atoms with Crippen LogP contribution in [0.1, 0.15) is 12.5 Å². The van der Waals surface area contributed by atoms with Gasteiger partial charge in [0.05, 0.1) is 4.92 Å². The highest BCUT2D eigenvalue weighted by molar-refractivity contribution is 5.83. The molecular formula is C18H18N2O6. The van der Waals surface area contributed by atoms with Crippen molar-refractivity contribution < 1.29 is 24.0 Å². The van der Waals surface area contributed by atoms with E-state index in [1.54, 1.807) is 0 Å². The number of esters is 1. The van der Waals surface area contributed by atoms with Crippen LogP contribution in [0.2, 0.25) is 0 Å². The Kier molecular flexibility index (Phi) is 6.67. The summed E-state index contributed by atoms with van der Waals surface area (Å²) >= 11 is 0. The normalized spacial score (nSPS) is 11.3. The summed E-state index contributed by atoms with van der Waals surface area (Å²) in [5.74, 6) is -0.850. The van der Waals surface area contributed by atoms with Gasteiger partial charge in [-0.3, -0.25) is 14.9 Å². The van der Waals surface area contributed by atoms with E-state index in [0.717, 1.165) is 5.56 Å². The van der Waals surface area contributed by atoms with E-state index in [-0.39, 0.29) is 11.4 Å². The maximum Gasteiger partial charge on any atom is 0.344 e. The quantitative estimate of drug-likeness (QED) is 0.440. The number of hydrogen-bond acceptors (Lipinski definition) is 6. The molecule has 0 bridgehead atoms. The number of benzene rings is 2. The highest BCUT2D eigenvalue weighted by atomic mass is 16.6. The molecule has 0 unspecified atom stereocenters. The zero-order valence-electron chi connectivity index (χ0n) is 14.1. The Morgan fingerprint density at radius 2 is 1.77 bits per heavy atom. The minimum absolute atomic E-state index is 0.0800. The number of nitrogens with zero attached hydrogens (tertiary/aromatic N) is 1. The van der Waals surface area contributed by atoms with Crippen LogP contribution in [0.25, 0.3) is 0 Å². The highest BCUT2D eigenvalue weighted by Gasteiger charge is 2.18. The molecule has 2 aromatic carbocycles. The lowest BCUT2D eigenvalue weighted by molar-refractivity contribution is -0.384. The smallest absolute Gasteiger partial charge is 0.344 e. The fourth-order valence-corrected chi connectivity index (χ4v) is 2.02. The predicted molar refractivity (Wildman–Crippen MR) is 92.4 cm³/mol. The van der Waals surface area contributed by atoms with Crippen LogP contribution in [0.3, 0.4) is 0 Å². The van der Waals surface area contributed by atoms with Gasteiger partial charge in [-0.2, -0.15) is 0 Å². The first-order valence-electron chi connectivity index (χ1n) is 7.84. The van der Waals surface area contributed by atoms with Gasteiger partial charge in [0, 0.05) is 18.7 Å². The molecule has 1 N–H and O–H groups in total. The zero-order chi connectivity index (χ0) is 18.9. The molecular weight excluding hydrogens is 340 g/mol. The van der Waals surface area contributed by atoms with Gasteiger partial charge < -0.3 is 14.8 Å². The van der Waals surface area contributed by atoms with Crippen molar-refractivity contribution in [1.82, 2.24) is 5.32 Å². The summed E-state index contributed by atoms with van der Waals surface area (Å²) < 4.78 is 10.2. The molecule has 0 saturated heterocycles. The van der Waals surface area contributed by atoms with Crippen molar-refractivity contribution in [2.75, 3.05) is 6.61 Å². The average molecular weight is 358 g/mol. The topological polar surface area (TPSA) is 108 Å². The minimum atomic E-state index is -0.966. The summed E-state index contributed by atoms with van der Waals surface area (Å²) in [5, 5.41) is 13.2. The third-order valence-electron chi connectivity index (χ3n) is 3.39. The number of hydrogen-bond donors (Lipinski definition) is 1. The molecule has 0 aliphatic heterocycles. The Morgan fingerprint density at radius 1 is 1.12 bits per heavy atom. The van der Waals surface area contributed by atoms with Crippen molar-refractivity contribution in [3.05, 3.63) is 70.3 Å². The van der Waals surface area contributed by atoms with Gasteiger partial charge in [-0.1, -0.05) is 30.3 Å². The van der Waals surface area contributed by atoms with Gasteiger partial charge in [-0.25, -0.2) is 4.79 Å². The highest BCUT2D eigenvalue weighted by Crippen LogP contribution is 2.17. The summed E-state index contributed by atoms with van der Waals surface area (Å²) in [6, 6.07) is 14.6. The Hall–Kier alpha value is -3.42. The summed E-state index contributed by atoms with van der Waals surface area (Å²) in [5.41, 5.74) is 0.851. The number of amides is 1. The number of non-ortho nitro benzene ring substituents is 1. The zero-order valence-corrected chi connectivity index (χ0v) is 14.1. The van der Waals surface area contributed by atoms with Crippen molar-refractivity contribution in [3.8, 4) is 5.75 Å². The number of nitrogens with one attached hydrogen (secondary N) is 1. The first kappa shape index (κ1) is 18.9. The standard InChI is InChI=1S/C18H18N2O6/c1-13(18(22)19-11-14-5-3-2-4-6-14)26-17(21)12-25-16-9-7-15(8-10-16)20(23)24/h2-10,13H,11-12H2,1H3,(H,19,22)/t13-/m1/s1. The van der Waals surface area contributed by atoms with Crippen LogP contribution < -0.4 is 10.1 Å². The third-order valence-corrected chi connectivity index (χ3v) is 3.39. The summed E-state index contributed by atoms with van der Waals surface area (Å²) in [6.45, 7) is 1.39. The van der Waals surface area contributed by atoms with Crippen LogP contribution in [0.15, 0.2) is 54.6 Å². The van der Waals surface area contributed by atoms with Crippen molar-refractivity contribution in [2.24, 2.45) is 0 Å². The summed E-state index contributed by atoms with van der Waals surface area (Å²) in [7, 11) is 0. The molecule has 2 aromatic rings. The largest absolute Gasteiger partial charge is 0.482 e. The molecule has 136 valence electrons. The van der Waals surface area contributed by atoms with Gasteiger partial charge in [-0.15, -0.1) is 0 Å². The van der Waals surface area contributed by atoms with Crippen molar-refractivity contribution in [1.29, 1.82) is 0 Å². The van der Waals surface area contributed by atoms with Gasteiger partial charge in [0.15, 0.2) is 12.7 Å². The fourth-order valence-electron chi connectivity index (χ4n) is 2.02. The van der Waals surface area contributed by atoms with E-state index in [1.807, 2.05) is 30.3 Å². The number of rotatable bonds is 8. The molecule has 0 aliphatic rings. The van der Waals surface area contributed by atoms with Gasteiger partial charge in [0.2, 0.25) is 0 Å². The molecule has 26 heavy (non-hydrogen) atoms. The van der Waals surface area contributed by atoms with Gasteiger partial charge in [-0.05, 0) is 24.6 Å². The van der Waals surface area contributed by atoms with E-state index >= 15 is 0 Å². The lowest BCUT2D eigenvalue weighted by atomic mass is 10.2. The summed E-state index contributed by atoms with van der Waals surface area (Å²) in [6.07, 6.45) is -0.966. The average Bonchev–Trinajstić information content (AvgIpc) is 2.65. The molecule has 2 rings (SSSR count). The first-order valence-corrected chi connectivity index (χ1v) is 7.84. The molecule has 0 fully saturated rings. The molecule has 1 amide bonds. The Bertz CT molecular complexity index is 761. The maximum atomic E-state index is 11.9. The predicted octanol–water partition coefficient (Wildman–Crippen LogP) is 2.22. The second kappa shape index (κ2) is 9.16. The number of carbonyl (C=O) groups is 2. The molecule has 0 radical (unpaired) electrons. The van der Waals surface area contributed by atoms with Crippen LogP contribution >= 0.6 is 0 Å². The van der Waals surface area contributed by atoms with E-state index < -0.39 is 29.5 Å². The lowest BCUT2D eigenvalue weighted by Crippen LogP contribution is -2.36. The molecule has 0 aromatic heterocycles. The second-order valence-electron chi connectivity index (χ2n) is 5.38. The van der Waals surface area contributed by atoms with Crippen molar-refractivity contribution in [3.63, 3.8) is 0 Å². The molecule has 0 saturated carbocycles. The van der Waals surface area contributed by atoms with Crippen LogP contribution in [-0.4, -0.2) is 29.5 Å². The SMILES string of the molecule is C[C@@H](OC(=O)COc1ccc([N+](=O)[O-])cc1)C(=O)NCc1ccccc1. The molecule has 0 aliphatic carbocycles. The lowest BCUT2D eigenvalue weighted by Gasteiger charge is -2.14. The number of nitro benzene ring substituents is 1. The van der Waals surface area contributed by atoms with E-state index in [0.29, 0.717) is 6.54 Å². The van der Waals surface area contributed by atoms with Crippen LogP contribution in [0.5, 0.6) is 5.75 Å². The van der Waals surface area contributed by atoms with Gasteiger partial charge >= 0.3 is 5.97 Å². The third kappa shape index (κ3) is 5.90. The second-order valence-corrected chi connectivity index (χ2v) is 5.38. The molecule has 0 spiro atoms. The molecule has 1 atom stereocenters. The van der Waals surface area contributed by atoms with Crippen LogP contribution in [-0.2, 0) is 20.9 Å². The van der Waals surface area contributed by atoms with E-state index in [4.69, 9.17) is 9.47 Å². The monoisotopic (exact) mass is 358 g/mol. The Labute approximate surface area is 149 Å². The van der Waals surface area contributed by atoms with Crippen molar-refractivity contribution in [2.45, 2.75) is 19.6 Å². The number of ether oxygens (including phenoxy) is 2.